The average molecular weight is 350 g/mol. The number of amides is 1. The first-order valence-electron chi connectivity index (χ1n) is 7.32. The molecule has 1 N–H and O–H groups in total. The summed E-state index contributed by atoms with van der Waals surface area (Å²) in [5.41, 5.74) is 2.09. The summed E-state index contributed by atoms with van der Waals surface area (Å²) in [5.74, 6) is -1.03. The van der Waals surface area contributed by atoms with Crippen LogP contribution in [0, 0.1) is 12.7 Å². The summed E-state index contributed by atoms with van der Waals surface area (Å²) in [6, 6.07) is 12.7. The molecule has 5 nitrogen and oxygen atoms in total. The predicted molar refractivity (Wildman–Crippen MR) is 91.6 cm³/mol. The lowest BCUT2D eigenvalue weighted by Crippen LogP contribution is -2.40. The number of nitrogens with one attached hydrogen (secondary N) is 1. The van der Waals surface area contributed by atoms with Crippen molar-refractivity contribution in [2.24, 2.45) is 0 Å². The molecular formula is C17H19FN2O3S. The normalized spacial score (nSPS) is 11.1. The van der Waals surface area contributed by atoms with Crippen molar-refractivity contribution in [3.05, 3.63) is 65.5 Å². The number of nitrogens with zero attached hydrogens (tertiary/aromatic N) is 1. The smallest absolute Gasteiger partial charge is 0.241 e. The molecule has 0 atom stereocenters. The quantitative estimate of drug-likeness (QED) is 0.869. The number of anilines is 1. The van der Waals surface area contributed by atoms with Crippen molar-refractivity contribution in [3.8, 4) is 0 Å². The number of carbonyl (C=O) groups excluding carboxylic acids is 1. The summed E-state index contributed by atoms with van der Waals surface area (Å²) in [4.78, 5) is 12.1. The molecule has 7 heteroatoms. The van der Waals surface area contributed by atoms with Crippen molar-refractivity contribution in [1.82, 2.24) is 5.32 Å². The van der Waals surface area contributed by atoms with E-state index in [0.29, 0.717) is 6.54 Å². The highest BCUT2D eigenvalue weighted by atomic mass is 32.2. The molecule has 128 valence electrons. The number of aryl methyl sites for hydroxylation is 1. The molecule has 0 aliphatic rings. The number of sulfonamides is 1. The summed E-state index contributed by atoms with van der Waals surface area (Å²) in [6.45, 7) is 1.82. The molecule has 0 bridgehead atoms. The monoisotopic (exact) mass is 350 g/mol. The van der Waals surface area contributed by atoms with Gasteiger partial charge in [0.15, 0.2) is 0 Å². The van der Waals surface area contributed by atoms with Gasteiger partial charge >= 0.3 is 0 Å². The minimum Gasteiger partial charge on any atom is -0.350 e. The molecule has 2 rings (SSSR count). The Bertz CT molecular complexity index is 837. The second kappa shape index (κ2) is 7.44. The number of rotatable bonds is 6. The Hall–Kier alpha value is -2.41. The molecule has 2 aromatic carbocycles. The number of halogens is 1. The first-order valence-corrected chi connectivity index (χ1v) is 9.16. The highest BCUT2D eigenvalue weighted by molar-refractivity contribution is 7.92. The average Bonchev–Trinajstić information content (AvgIpc) is 2.50. The lowest BCUT2D eigenvalue weighted by atomic mass is 10.1. The molecule has 0 fully saturated rings. The fourth-order valence-corrected chi connectivity index (χ4v) is 3.07. The minimum atomic E-state index is -3.72. The molecule has 0 spiro atoms. The zero-order chi connectivity index (χ0) is 17.7. The molecule has 0 unspecified atom stereocenters. The van der Waals surface area contributed by atoms with Crippen LogP contribution in [-0.4, -0.2) is 27.1 Å². The van der Waals surface area contributed by atoms with Crippen LogP contribution in [0.4, 0.5) is 10.1 Å². The van der Waals surface area contributed by atoms with Gasteiger partial charge in [0.05, 0.1) is 11.9 Å². The SMILES string of the molecule is Cc1ccccc1CNC(=O)CN(c1cccc(F)c1)S(C)(=O)=O. The van der Waals surface area contributed by atoms with Crippen LogP contribution in [0.3, 0.4) is 0 Å². The van der Waals surface area contributed by atoms with Crippen molar-refractivity contribution >= 4 is 21.6 Å². The summed E-state index contributed by atoms with van der Waals surface area (Å²) in [7, 11) is -3.72. The van der Waals surface area contributed by atoms with Gasteiger partial charge in [0.2, 0.25) is 15.9 Å². The lowest BCUT2D eigenvalue weighted by molar-refractivity contribution is -0.119. The third kappa shape index (κ3) is 4.79. The molecule has 0 saturated heterocycles. The topological polar surface area (TPSA) is 66.5 Å². The van der Waals surface area contributed by atoms with E-state index < -0.39 is 28.3 Å². The van der Waals surface area contributed by atoms with Crippen molar-refractivity contribution in [3.63, 3.8) is 0 Å². The second-order valence-corrected chi connectivity index (χ2v) is 7.36. The van der Waals surface area contributed by atoms with Crippen LogP contribution < -0.4 is 9.62 Å². The Morgan fingerprint density at radius 2 is 1.88 bits per heavy atom. The van der Waals surface area contributed by atoms with Crippen LogP contribution in [0.2, 0.25) is 0 Å². The molecule has 0 aliphatic heterocycles. The molecule has 24 heavy (non-hydrogen) atoms. The van der Waals surface area contributed by atoms with E-state index in [1.165, 1.54) is 18.2 Å². The first kappa shape index (κ1) is 17.9. The van der Waals surface area contributed by atoms with Crippen molar-refractivity contribution in [1.29, 1.82) is 0 Å². The summed E-state index contributed by atoms with van der Waals surface area (Å²) in [5, 5.41) is 2.69. The zero-order valence-electron chi connectivity index (χ0n) is 13.5. The third-order valence-corrected chi connectivity index (χ3v) is 4.66. The summed E-state index contributed by atoms with van der Waals surface area (Å²) in [6.07, 6.45) is 0.979. The minimum absolute atomic E-state index is 0.114. The Morgan fingerprint density at radius 1 is 1.17 bits per heavy atom. The summed E-state index contributed by atoms with van der Waals surface area (Å²) >= 11 is 0. The second-order valence-electron chi connectivity index (χ2n) is 5.45. The highest BCUT2D eigenvalue weighted by Gasteiger charge is 2.21. The van der Waals surface area contributed by atoms with Gasteiger partial charge in [-0.25, -0.2) is 12.8 Å². The van der Waals surface area contributed by atoms with E-state index in [9.17, 15) is 17.6 Å². The van der Waals surface area contributed by atoms with Gasteiger partial charge in [-0.15, -0.1) is 0 Å². The van der Waals surface area contributed by atoms with E-state index in [2.05, 4.69) is 5.32 Å². The van der Waals surface area contributed by atoms with Gasteiger partial charge in [-0.1, -0.05) is 30.3 Å². The third-order valence-electron chi connectivity index (χ3n) is 3.52. The number of hydrogen-bond acceptors (Lipinski definition) is 3. The number of benzene rings is 2. The van der Waals surface area contributed by atoms with Crippen LogP contribution in [0.1, 0.15) is 11.1 Å². The van der Waals surface area contributed by atoms with Gasteiger partial charge in [0, 0.05) is 6.54 Å². The van der Waals surface area contributed by atoms with Gasteiger partial charge in [-0.05, 0) is 36.2 Å². The van der Waals surface area contributed by atoms with Gasteiger partial charge in [0.1, 0.15) is 12.4 Å². The zero-order valence-corrected chi connectivity index (χ0v) is 14.3. The van der Waals surface area contributed by atoms with Crippen LogP contribution in [0.15, 0.2) is 48.5 Å². The fraction of sp³-hybridized carbons (Fsp3) is 0.235. The summed E-state index contributed by atoms with van der Waals surface area (Å²) < 4.78 is 38.1. The van der Waals surface area contributed by atoms with Crippen LogP contribution in [-0.2, 0) is 21.4 Å². The van der Waals surface area contributed by atoms with Crippen molar-refractivity contribution < 1.29 is 17.6 Å². The Balaban J connectivity index is 2.10. The molecule has 0 aliphatic carbocycles. The van der Waals surface area contributed by atoms with E-state index in [-0.39, 0.29) is 5.69 Å². The maximum atomic E-state index is 13.3. The standard InChI is InChI=1S/C17H19FN2O3S/c1-13-6-3-4-7-14(13)11-19-17(21)12-20(24(2,22)23)16-9-5-8-15(18)10-16/h3-10H,11-12H2,1-2H3,(H,19,21). The number of carbonyl (C=O) groups is 1. The number of hydrogen-bond donors (Lipinski definition) is 1. The first-order chi connectivity index (χ1) is 11.3. The molecular weight excluding hydrogens is 331 g/mol. The lowest BCUT2D eigenvalue weighted by Gasteiger charge is -2.22. The van der Waals surface area contributed by atoms with Crippen LogP contribution in [0.25, 0.3) is 0 Å². The van der Waals surface area contributed by atoms with Crippen LogP contribution >= 0.6 is 0 Å². The van der Waals surface area contributed by atoms with Crippen LogP contribution in [0.5, 0.6) is 0 Å². The van der Waals surface area contributed by atoms with Crippen molar-refractivity contribution in [2.75, 3.05) is 17.1 Å². The molecule has 0 heterocycles. The molecule has 1 amide bonds. The largest absolute Gasteiger partial charge is 0.350 e. The van der Waals surface area contributed by atoms with E-state index in [1.807, 2.05) is 31.2 Å². The van der Waals surface area contributed by atoms with E-state index in [4.69, 9.17) is 0 Å². The van der Waals surface area contributed by atoms with Gasteiger partial charge < -0.3 is 5.32 Å². The Kier molecular flexibility index (Phi) is 5.56. The Labute approximate surface area is 141 Å². The molecule has 0 radical (unpaired) electrons. The molecule has 0 aromatic heterocycles. The van der Waals surface area contributed by atoms with Crippen molar-refractivity contribution in [2.45, 2.75) is 13.5 Å². The van der Waals surface area contributed by atoms with Gasteiger partial charge in [0.25, 0.3) is 0 Å². The van der Waals surface area contributed by atoms with E-state index in [0.717, 1.165) is 27.8 Å². The fourth-order valence-electron chi connectivity index (χ4n) is 2.22. The van der Waals surface area contributed by atoms with E-state index >= 15 is 0 Å². The molecule has 0 saturated carbocycles. The predicted octanol–water partition coefficient (Wildman–Crippen LogP) is 2.22. The highest BCUT2D eigenvalue weighted by Crippen LogP contribution is 2.18. The van der Waals surface area contributed by atoms with E-state index in [1.54, 1.807) is 0 Å². The maximum absolute atomic E-state index is 13.3. The Morgan fingerprint density at radius 3 is 2.50 bits per heavy atom. The van der Waals surface area contributed by atoms with Gasteiger partial charge in [-0.2, -0.15) is 0 Å². The molecule has 2 aromatic rings. The maximum Gasteiger partial charge on any atom is 0.241 e. The van der Waals surface area contributed by atoms with Gasteiger partial charge in [-0.3, -0.25) is 9.10 Å².